The van der Waals surface area contributed by atoms with Crippen LogP contribution in [0.15, 0.2) is 30.6 Å². The number of nitrogens with two attached hydrogens (primary N) is 1. The van der Waals surface area contributed by atoms with Crippen molar-refractivity contribution in [3.63, 3.8) is 0 Å². The zero-order valence-electron chi connectivity index (χ0n) is 25.7. The topological polar surface area (TPSA) is 152 Å². The van der Waals surface area contributed by atoms with E-state index in [9.17, 15) is 9.59 Å². The smallest absolute Gasteiger partial charge is 0.338 e. The molecular formula is C31H45Cl2N9O3. The first-order valence-electron chi connectivity index (χ1n) is 15.8. The molecule has 2 amide bonds. The first-order chi connectivity index (χ1) is 21.0. The Morgan fingerprint density at radius 2 is 1.58 bits per heavy atom. The lowest BCUT2D eigenvalue weighted by molar-refractivity contribution is 0.0526. The number of rotatable bonds is 8. The number of anilines is 3. The molecule has 246 valence electrons. The summed E-state index contributed by atoms with van der Waals surface area (Å²) in [6, 6.07) is 7.79. The molecule has 5 N–H and O–H groups in total. The van der Waals surface area contributed by atoms with E-state index >= 15 is 0 Å². The molecule has 45 heavy (non-hydrogen) atoms. The van der Waals surface area contributed by atoms with Gasteiger partial charge in [0.25, 0.3) is 0 Å². The van der Waals surface area contributed by atoms with Gasteiger partial charge in [0, 0.05) is 42.9 Å². The maximum absolute atomic E-state index is 13.0. The Morgan fingerprint density at radius 1 is 0.911 bits per heavy atom. The fourth-order valence-electron chi connectivity index (χ4n) is 6.50. The number of ether oxygens (including phenoxy) is 1. The molecule has 3 heterocycles. The molecule has 3 aliphatic rings. The SMILES string of the molecule is CCOC(=O)c1ccc(NC(=O)N2CCC(Nc3nc(NC4CCC(N)CC4)nc4c3ncn4C3CCCC3)CC2)cc1.Cl.Cl. The Hall–Kier alpha value is -3.35. The zero-order valence-corrected chi connectivity index (χ0v) is 27.4. The molecule has 1 aliphatic heterocycles. The number of hydrogen-bond donors (Lipinski definition) is 4. The first kappa shape index (κ1) is 34.5. The summed E-state index contributed by atoms with van der Waals surface area (Å²) in [5, 5.41) is 10.2. The number of fused-ring (bicyclic) bond motifs is 1. The van der Waals surface area contributed by atoms with E-state index in [-0.39, 0.29) is 48.9 Å². The standard InChI is InChI=1S/C31H43N9O3.2ClH/c1-2-43-29(41)20-7-11-23(12-8-20)36-31(42)39-17-15-24(16-18-39)34-27-26-28(40(19-33-26)25-5-3-4-6-25)38-30(37-27)35-22-13-9-21(32)10-14-22;;/h7-8,11-12,19,21-22,24-25H,2-6,9-10,13-18,32H2,1H3,(H,36,42)(H2,34,35,37,38);2*1H. The van der Waals surface area contributed by atoms with E-state index < -0.39 is 0 Å². The zero-order chi connectivity index (χ0) is 29.8. The van der Waals surface area contributed by atoms with E-state index in [2.05, 4.69) is 20.5 Å². The minimum Gasteiger partial charge on any atom is -0.462 e. The minimum atomic E-state index is -0.372. The summed E-state index contributed by atoms with van der Waals surface area (Å²) < 4.78 is 7.27. The van der Waals surface area contributed by atoms with Crippen molar-refractivity contribution in [2.75, 3.05) is 35.6 Å². The molecule has 0 radical (unpaired) electrons. The highest BCUT2D eigenvalue weighted by Gasteiger charge is 2.27. The Balaban J connectivity index is 0.00000230. The number of carbonyl (C=O) groups excluding carboxylic acids is 2. The van der Waals surface area contributed by atoms with Crippen LogP contribution in [0.3, 0.4) is 0 Å². The molecule has 2 aromatic heterocycles. The van der Waals surface area contributed by atoms with Crippen LogP contribution in [0.1, 0.15) is 87.5 Å². The number of imidazole rings is 1. The van der Waals surface area contributed by atoms with Crippen LogP contribution in [0.25, 0.3) is 11.2 Å². The maximum atomic E-state index is 13.0. The van der Waals surface area contributed by atoms with Crippen molar-refractivity contribution in [3.8, 4) is 0 Å². The van der Waals surface area contributed by atoms with Gasteiger partial charge in [-0.15, -0.1) is 24.8 Å². The molecule has 12 nitrogen and oxygen atoms in total. The molecular weight excluding hydrogens is 617 g/mol. The van der Waals surface area contributed by atoms with Gasteiger partial charge in [0.05, 0.1) is 18.5 Å². The van der Waals surface area contributed by atoms with E-state index in [1.165, 1.54) is 12.8 Å². The highest BCUT2D eigenvalue weighted by molar-refractivity contribution is 5.92. The summed E-state index contributed by atoms with van der Waals surface area (Å²) >= 11 is 0. The van der Waals surface area contributed by atoms with E-state index in [1.807, 2.05) is 11.2 Å². The van der Waals surface area contributed by atoms with Crippen LogP contribution in [0, 0.1) is 0 Å². The number of amides is 2. The van der Waals surface area contributed by atoms with Gasteiger partial charge in [0.1, 0.15) is 0 Å². The highest BCUT2D eigenvalue weighted by Crippen LogP contribution is 2.34. The Kier molecular flexibility index (Phi) is 12.1. The fourth-order valence-corrected chi connectivity index (χ4v) is 6.50. The van der Waals surface area contributed by atoms with Crippen LogP contribution >= 0.6 is 24.8 Å². The van der Waals surface area contributed by atoms with Crippen molar-refractivity contribution in [1.29, 1.82) is 0 Å². The molecule has 2 aliphatic carbocycles. The normalized spacial score (nSPS) is 20.6. The van der Waals surface area contributed by atoms with Gasteiger partial charge in [0.15, 0.2) is 17.0 Å². The van der Waals surface area contributed by atoms with Crippen molar-refractivity contribution in [2.45, 2.75) is 95.3 Å². The van der Waals surface area contributed by atoms with Gasteiger partial charge in [0.2, 0.25) is 5.95 Å². The molecule has 14 heteroatoms. The summed E-state index contributed by atoms with van der Waals surface area (Å²) in [6.07, 6.45) is 12.3. The van der Waals surface area contributed by atoms with Gasteiger partial charge < -0.3 is 35.9 Å². The van der Waals surface area contributed by atoms with Gasteiger partial charge >= 0.3 is 12.0 Å². The van der Waals surface area contributed by atoms with Gasteiger partial charge in [-0.2, -0.15) is 9.97 Å². The molecule has 1 aromatic carbocycles. The third-order valence-electron chi connectivity index (χ3n) is 9.01. The van der Waals surface area contributed by atoms with Crippen LogP contribution in [0.5, 0.6) is 0 Å². The number of nitrogens with one attached hydrogen (secondary N) is 3. The molecule has 0 unspecified atom stereocenters. The average Bonchev–Trinajstić information content (AvgIpc) is 3.70. The average molecular weight is 663 g/mol. The molecule has 2 saturated carbocycles. The highest BCUT2D eigenvalue weighted by atomic mass is 35.5. The first-order valence-corrected chi connectivity index (χ1v) is 15.8. The molecule has 3 aromatic rings. The number of hydrogen-bond acceptors (Lipinski definition) is 9. The van der Waals surface area contributed by atoms with Crippen LogP contribution in [-0.4, -0.2) is 74.2 Å². The molecule has 0 bridgehead atoms. The molecule has 0 spiro atoms. The number of carbonyl (C=O) groups is 2. The summed E-state index contributed by atoms with van der Waals surface area (Å²) in [7, 11) is 0. The quantitative estimate of drug-likeness (QED) is 0.221. The van der Waals surface area contributed by atoms with Crippen molar-refractivity contribution < 1.29 is 14.3 Å². The number of benzene rings is 1. The second-order valence-corrected chi connectivity index (χ2v) is 12.0. The largest absolute Gasteiger partial charge is 0.462 e. The van der Waals surface area contributed by atoms with Crippen molar-refractivity contribution in [1.82, 2.24) is 24.4 Å². The molecule has 6 rings (SSSR count). The lowest BCUT2D eigenvalue weighted by Gasteiger charge is -2.32. The van der Waals surface area contributed by atoms with E-state index in [0.29, 0.717) is 49.0 Å². The van der Waals surface area contributed by atoms with Crippen molar-refractivity contribution in [2.24, 2.45) is 5.73 Å². The molecule has 3 fully saturated rings. The Bertz CT molecular complexity index is 1420. The second-order valence-electron chi connectivity index (χ2n) is 12.0. The lowest BCUT2D eigenvalue weighted by Crippen LogP contribution is -2.44. The van der Waals surface area contributed by atoms with Crippen LogP contribution in [-0.2, 0) is 4.74 Å². The summed E-state index contributed by atoms with van der Waals surface area (Å²) in [5.74, 6) is 1.02. The number of nitrogens with zero attached hydrogens (tertiary/aromatic N) is 5. The molecule has 1 saturated heterocycles. The summed E-state index contributed by atoms with van der Waals surface area (Å²) in [5.41, 5.74) is 8.91. The van der Waals surface area contributed by atoms with Gasteiger partial charge in [-0.1, -0.05) is 12.8 Å². The maximum Gasteiger partial charge on any atom is 0.338 e. The fraction of sp³-hybridized carbons (Fsp3) is 0.581. The van der Waals surface area contributed by atoms with E-state index in [0.717, 1.165) is 68.3 Å². The summed E-state index contributed by atoms with van der Waals surface area (Å²) in [4.78, 5) is 41.3. The number of piperidine rings is 1. The predicted molar refractivity (Wildman–Crippen MR) is 181 cm³/mol. The van der Waals surface area contributed by atoms with Crippen LogP contribution in [0.4, 0.5) is 22.2 Å². The predicted octanol–water partition coefficient (Wildman–Crippen LogP) is 5.75. The van der Waals surface area contributed by atoms with Crippen LogP contribution in [0.2, 0.25) is 0 Å². The Labute approximate surface area is 276 Å². The second kappa shape index (κ2) is 15.8. The van der Waals surface area contributed by atoms with Crippen LogP contribution < -0.4 is 21.7 Å². The van der Waals surface area contributed by atoms with E-state index in [4.69, 9.17) is 25.4 Å². The number of halogens is 2. The van der Waals surface area contributed by atoms with Gasteiger partial charge in [-0.25, -0.2) is 14.6 Å². The minimum absolute atomic E-state index is 0. The van der Waals surface area contributed by atoms with Gasteiger partial charge in [-0.05, 0) is 82.6 Å². The number of esters is 1. The monoisotopic (exact) mass is 661 g/mol. The number of likely N-dealkylation sites (tertiary alicyclic amines) is 1. The number of aromatic nitrogens is 4. The number of urea groups is 1. The lowest BCUT2D eigenvalue weighted by atomic mass is 9.92. The van der Waals surface area contributed by atoms with Crippen molar-refractivity contribution >= 4 is 65.4 Å². The molecule has 0 atom stereocenters. The van der Waals surface area contributed by atoms with Gasteiger partial charge in [-0.3, -0.25) is 0 Å². The van der Waals surface area contributed by atoms with Crippen molar-refractivity contribution in [3.05, 3.63) is 36.2 Å². The summed E-state index contributed by atoms with van der Waals surface area (Å²) in [6.45, 7) is 3.32. The Morgan fingerprint density at radius 3 is 2.24 bits per heavy atom. The third-order valence-corrected chi connectivity index (χ3v) is 9.01. The van der Waals surface area contributed by atoms with E-state index in [1.54, 1.807) is 31.2 Å². The third kappa shape index (κ3) is 8.28.